The Morgan fingerprint density at radius 2 is 2.10 bits per heavy atom. The van der Waals surface area contributed by atoms with E-state index < -0.39 is 0 Å². The van der Waals surface area contributed by atoms with Gasteiger partial charge < -0.3 is 14.2 Å². The fraction of sp³-hybridized carbons (Fsp3) is 0.619. The van der Waals surface area contributed by atoms with E-state index in [4.69, 9.17) is 9.26 Å². The van der Waals surface area contributed by atoms with Crippen molar-refractivity contribution < 1.29 is 14.1 Å². The van der Waals surface area contributed by atoms with E-state index in [1.54, 1.807) is 7.11 Å². The number of nitrogens with zero attached hydrogens (tertiary/aromatic N) is 5. The molecule has 2 aliphatic rings. The summed E-state index contributed by atoms with van der Waals surface area (Å²) in [5, 5.41) is 3.93. The number of methoxy groups -OCH3 is 1. The van der Waals surface area contributed by atoms with Crippen molar-refractivity contribution in [1.29, 1.82) is 0 Å². The molecule has 1 spiro atoms. The molecule has 2 aliphatic heterocycles. The van der Waals surface area contributed by atoms with E-state index in [-0.39, 0.29) is 11.3 Å². The lowest BCUT2D eigenvalue weighted by molar-refractivity contribution is -0.139. The first kappa shape index (κ1) is 20.0. The Balaban J connectivity index is 1.29. The Kier molecular flexibility index (Phi) is 6.20. The second-order valence-corrected chi connectivity index (χ2v) is 8.20. The van der Waals surface area contributed by atoms with E-state index in [1.165, 1.54) is 0 Å². The largest absolute Gasteiger partial charge is 0.377 e. The van der Waals surface area contributed by atoms with Gasteiger partial charge in [0, 0.05) is 44.9 Å². The third-order valence-electron chi connectivity index (χ3n) is 6.17. The molecule has 2 aromatic rings. The first-order valence-electron chi connectivity index (χ1n) is 10.4. The molecule has 0 saturated carbocycles. The highest BCUT2D eigenvalue weighted by atomic mass is 16.5. The lowest BCUT2D eigenvalue weighted by atomic mass is 9.72. The van der Waals surface area contributed by atoms with Crippen LogP contribution in [0.1, 0.15) is 43.1 Å². The number of hydrogen-bond acceptors (Lipinski definition) is 7. The molecule has 0 bridgehead atoms. The Morgan fingerprint density at radius 1 is 1.24 bits per heavy atom. The van der Waals surface area contributed by atoms with Gasteiger partial charge in [0.05, 0.1) is 6.54 Å². The lowest BCUT2D eigenvalue weighted by Crippen LogP contribution is -2.51. The van der Waals surface area contributed by atoms with E-state index >= 15 is 0 Å². The summed E-state index contributed by atoms with van der Waals surface area (Å²) in [6.45, 7) is 4.65. The van der Waals surface area contributed by atoms with Crippen LogP contribution in [0.4, 0.5) is 0 Å². The number of carbonyl (C=O) groups is 1. The molecule has 0 atom stereocenters. The maximum Gasteiger partial charge on any atom is 0.240 e. The van der Waals surface area contributed by atoms with Crippen molar-refractivity contribution in [1.82, 2.24) is 24.9 Å². The monoisotopic (exact) mass is 399 g/mol. The van der Waals surface area contributed by atoms with Crippen molar-refractivity contribution in [2.24, 2.45) is 5.41 Å². The summed E-state index contributed by atoms with van der Waals surface area (Å²) in [7, 11) is 1.62. The van der Waals surface area contributed by atoms with Gasteiger partial charge in [-0.25, -0.2) is 0 Å². The van der Waals surface area contributed by atoms with Crippen molar-refractivity contribution >= 4 is 5.91 Å². The van der Waals surface area contributed by atoms with E-state index in [2.05, 4.69) is 24.9 Å². The minimum Gasteiger partial charge on any atom is -0.377 e. The standard InChI is InChI=1S/C21H29N5O3/c1-28-15-18-23-19(29-24-18)14-25-12-8-21(9-13-25)7-5-20(27)26(16-21)11-6-17-4-2-3-10-22-17/h2-4,10H,5-9,11-16H2,1H3. The molecule has 8 heteroatoms. The first-order valence-corrected chi connectivity index (χ1v) is 10.4. The van der Waals surface area contributed by atoms with Gasteiger partial charge in [-0.1, -0.05) is 11.2 Å². The number of carbonyl (C=O) groups excluding carboxylic acids is 1. The van der Waals surface area contributed by atoms with Crippen molar-refractivity contribution in [2.45, 2.75) is 45.3 Å². The maximum absolute atomic E-state index is 12.5. The number of ether oxygens (including phenoxy) is 1. The maximum atomic E-state index is 12.5. The molecule has 0 N–H and O–H groups in total. The van der Waals surface area contributed by atoms with E-state index in [0.717, 1.165) is 57.6 Å². The van der Waals surface area contributed by atoms with Gasteiger partial charge in [-0.05, 0) is 49.9 Å². The van der Waals surface area contributed by atoms with E-state index in [0.29, 0.717) is 31.3 Å². The van der Waals surface area contributed by atoms with Crippen LogP contribution in [-0.2, 0) is 29.1 Å². The minimum atomic E-state index is 0.241. The molecule has 8 nitrogen and oxygen atoms in total. The molecule has 4 heterocycles. The van der Waals surface area contributed by atoms with Gasteiger partial charge in [0.15, 0.2) is 5.82 Å². The molecule has 2 aromatic heterocycles. The highest BCUT2D eigenvalue weighted by Crippen LogP contribution is 2.40. The quantitative estimate of drug-likeness (QED) is 0.704. The van der Waals surface area contributed by atoms with Crippen molar-refractivity contribution in [3.8, 4) is 0 Å². The summed E-state index contributed by atoms with van der Waals surface area (Å²) in [6, 6.07) is 5.95. The highest BCUT2D eigenvalue weighted by molar-refractivity contribution is 5.77. The van der Waals surface area contributed by atoms with Gasteiger partial charge in [0.1, 0.15) is 6.61 Å². The third kappa shape index (κ3) is 5.00. The van der Waals surface area contributed by atoms with Crippen LogP contribution in [0.3, 0.4) is 0 Å². The first-order chi connectivity index (χ1) is 14.2. The number of piperidine rings is 2. The smallest absolute Gasteiger partial charge is 0.240 e. The molecule has 29 heavy (non-hydrogen) atoms. The molecule has 4 rings (SSSR count). The normalized spacial score (nSPS) is 19.8. The Morgan fingerprint density at radius 3 is 2.86 bits per heavy atom. The molecular weight excluding hydrogens is 370 g/mol. The summed E-state index contributed by atoms with van der Waals surface area (Å²) in [4.78, 5) is 25.6. The molecule has 1 amide bonds. The zero-order chi connectivity index (χ0) is 20.1. The summed E-state index contributed by atoms with van der Waals surface area (Å²) < 4.78 is 10.4. The molecule has 2 saturated heterocycles. The summed E-state index contributed by atoms with van der Waals surface area (Å²) in [5.41, 5.74) is 1.28. The van der Waals surface area contributed by atoms with E-state index in [9.17, 15) is 4.79 Å². The van der Waals surface area contributed by atoms with Gasteiger partial charge in [0.2, 0.25) is 11.8 Å². The van der Waals surface area contributed by atoms with Crippen LogP contribution >= 0.6 is 0 Å². The van der Waals surface area contributed by atoms with Gasteiger partial charge in [0.25, 0.3) is 0 Å². The zero-order valence-corrected chi connectivity index (χ0v) is 17.0. The predicted octanol–water partition coefficient (Wildman–Crippen LogP) is 2.06. The zero-order valence-electron chi connectivity index (χ0n) is 17.0. The summed E-state index contributed by atoms with van der Waals surface area (Å²) in [6.07, 6.45) is 6.48. The molecular formula is C21H29N5O3. The fourth-order valence-electron chi connectivity index (χ4n) is 4.43. The van der Waals surface area contributed by atoms with Gasteiger partial charge in [-0.15, -0.1) is 0 Å². The van der Waals surface area contributed by atoms with Crippen LogP contribution in [0.15, 0.2) is 28.9 Å². The Hall–Kier alpha value is -2.32. The van der Waals surface area contributed by atoms with Crippen molar-refractivity contribution in [2.75, 3.05) is 33.3 Å². The number of likely N-dealkylation sites (tertiary alicyclic amines) is 2. The Bertz CT molecular complexity index is 802. The second kappa shape index (κ2) is 9.00. The number of pyridine rings is 1. The van der Waals surface area contributed by atoms with Crippen molar-refractivity contribution in [3.63, 3.8) is 0 Å². The molecule has 0 unspecified atom stereocenters. The predicted molar refractivity (Wildman–Crippen MR) is 106 cm³/mol. The number of hydrogen-bond donors (Lipinski definition) is 0. The van der Waals surface area contributed by atoms with Crippen LogP contribution in [0, 0.1) is 5.41 Å². The molecule has 0 radical (unpaired) electrons. The summed E-state index contributed by atoms with van der Waals surface area (Å²) >= 11 is 0. The number of rotatable bonds is 7. The van der Waals surface area contributed by atoms with Gasteiger partial charge >= 0.3 is 0 Å². The van der Waals surface area contributed by atoms with Crippen molar-refractivity contribution in [3.05, 3.63) is 41.8 Å². The average molecular weight is 399 g/mol. The second-order valence-electron chi connectivity index (χ2n) is 8.20. The minimum absolute atomic E-state index is 0.241. The van der Waals surface area contributed by atoms with Gasteiger partial charge in [-0.3, -0.25) is 14.7 Å². The average Bonchev–Trinajstić information content (AvgIpc) is 3.19. The number of aromatic nitrogens is 3. The SMILES string of the molecule is COCc1noc(CN2CCC3(CCC(=O)N(CCc4ccccn4)C3)CC2)n1. The lowest BCUT2D eigenvalue weighted by Gasteiger charge is -2.47. The number of amides is 1. The fourth-order valence-corrected chi connectivity index (χ4v) is 4.43. The van der Waals surface area contributed by atoms with Crippen LogP contribution in [0.2, 0.25) is 0 Å². The van der Waals surface area contributed by atoms with Crippen LogP contribution in [0.5, 0.6) is 0 Å². The van der Waals surface area contributed by atoms with Crippen LogP contribution < -0.4 is 0 Å². The van der Waals surface area contributed by atoms with Crippen LogP contribution in [0.25, 0.3) is 0 Å². The molecule has 0 aromatic carbocycles. The van der Waals surface area contributed by atoms with E-state index in [1.807, 2.05) is 24.4 Å². The highest BCUT2D eigenvalue weighted by Gasteiger charge is 2.40. The molecule has 0 aliphatic carbocycles. The topological polar surface area (TPSA) is 84.6 Å². The summed E-state index contributed by atoms with van der Waals surface area (Å²) in [5.74, 6) is 1.51. The third-order valence-corrected chi connectivity index (χ3v) is 6.17. The Labute approximate surface area is 171 Å². The molecule has 156 valence electrons. The molecule has 2 fully saturated rings. The van der Waals surface area contributed by atoms with Crippen LogP contribution in [-0.4, -0.2) is 64.1 Å². The van der Waals surface area contributed by atoms with Gasteiger partial charge in [-0.2, -0.15) is 4.98 Å².